The molecule has 19 heavy (non-hydrogen) atoms. The molecule has 5 heteroatoms. The van der Waals surface area contributed by atoms with E-state index in [0.717, 1.165) is 11.4 Å². The van der Waals surface area contributed by atoms with Crippen LogP contribution in [0.5, 0.6) is 0 Å². The van der Waals surface area contributed by atoms with E-state index in [1.165, 1.54) is 6.07 Å². The van der Waals surface area contributed by atoms with Gasteiger partial charge in [-0.1, -0.05) is 6.07 Å². The second kappa shape index (κ2) is 5.63. The van der Waals surface area contributed by atoms with Gasteiger partial charge in [-0.25, -0.2) is 9.37 Å². The number of halogens is 1. The molecule has 0 bridgehead atoms. The van der Waals surface area contributed by atoms with Crippen LogP contribution in [0, 0.1) is 17.1 Å². The number of nitriles is 1. The summed E-state index contributed by atoms with van der Waals surface area (Å²) >= 11 is 0. The van der Waals surface area contributed by atoms with Gasteiger partial charge in [0.1, 0.15) is 17.7 Å². The molecule has 2 N–H and O–H groups in total. The summed E-state index contributed by atoms with van der Waals surface area (Å²) in [6.45, 7) is 2.47. The van der Waals surface area contributed by atoms with Gasteiger partial charge in [-0.3, -0.25) is 0 Å². The van der Waals surface area contributed by atoms with Crippen molar-refractivity contribution < 1.29 is 4.39 Å². The first kappa shape index (κ1) is 13.2. The Hall–Kier alpha value is -2.19. The number of hydrogen-bond donors (Lipinski definition) is 1. The lowest BCUT2D eigenvalue weighted by Gasteiger charge is -2.10. The maximum absolute atomic E-state index is 13.2. The van der Waals surface area contributed by atoms with Gasteiger partial charge in [0.15, 0.2) is 0 Å². The highest BCUT2D eigenvalue weighted by Crippen LogP contribution is 2.12. The second-order valence-corrected chi connectivity index (χ2v) is 4.58. The van der Waals surface area contributed by atoms with E-state index in [-0.39, 0.29) is 11.6 Å². The van der Waals surface area contributed by atoms with Crippen molar-refractivity contribution in [3.63, 3.8) is 0 Å². The van der Waals surface area contributed by atoms with Crippen molar-refractivity contribution in [1.29, 1.82) is 5.26 Å². The van der Waals surface area contributed by atoms with E-state index in [0.29, 0.717) is 13.0 Å². The Labute approximate surface area is 111 Å². The van der Waals surface area contributed by atoms with Crippen LogP contribution < -0.4 is 5.73 Å². The quantitative estimate of drug-likeness (QED) is 0.909. The normalized spacial score (nSPS) is 12.1. The lowest BCUT2D eigenvalue weighted by molar-refractivity contribution is 0.620. The van der Waals surface area contributed by atoms with Crippen molar-refractivity contribution in [2.75, 3.05) is 0 Å². The molecular weight excluding hydrogens is 243 g/mol. The summed E-state index contributed by atoms with van der Waals surface area (Å²) in [5.74, 6) is 0.394. The predicted octanol–water partition coefficient (Wildman–Crippen LogP) is 1.83. The molecule has 0 aliphatic carbocycles. The molecule has 4 nitrogen and oxygen atoms in total. The molecule has 0 aliphatic heterocycles. The van der Waals surface area contributed by atoms with Crippen LogP contribution in [0.3, 0.4) is 0 Å². The molecule has 0 fully saturated rings. The SMILES string of the molecule is CC(N)Cc1nccn1Cc1ccc(F)c(C#N)c1. The fourth-order valence-electron chi connectivity index (χ4n) is 1.92. The van der Waals surface area contributed by atoms with Crippen LogP contribution in [-0.2, 0) is 13.0 Å². The minimum Gasteiger partial charge on any atom is -0.330 e. The summed E-state index contributed by atoms with van der Waals surface area (Å²) < 4.78 is 15.2. The number of imidazole rings is 1. The van der Waals surface area contributed by atoms with Crippen LogP contribution in [-0.4, -0.2) is 15.6 Å². The van der Waals surface area contributed by atoms with Crippen LogP contribution in [0.15, 0.2) is 30.6 Å². The van der Waals surface area contributed by atoms with E-state index in [1.54, 1.807) is 18.3 Å². The maximum atomic E-state index is 13.2. The van der Waals surface area contributed by atoms with Crippen LogP contribution in [0.25, 0.3) is 0 Å². The molecule has 1 unspecified atom stereocenters. The standard InChI is InChI=1S/C14H15FN4/c1-10(17)6-14-18-4-5-19(14)9-11-2-3-13(15)12(7-11)8-16/h2-5,7,10H,6,9,17H2,1H3. The number of nitrogens with zero attached hydrogens (tertiary/aromatic N) is 3. The summed E-state index contributed by atoms with van der Waals surface area (Å²) in [4.78, 5) is 4.26. The van der Waals surface area contributed by atoms with Gasteiger partial charge in [0.05, 0.1) is 5.56 Å². The Morgan fingerprint density at radius 3 is 3.00 bits per heavy atom. The van der Waals surface area contributed by atoms with Gasteiger partial charge in [-0.05, 0) is 24.6 Å². The molecule has 98 valence electrons. The lowest BCUT2D eigenvalue weighted by Crippen LogP contribution is -2.20. The van der Waals surface area contributed by atoms with E-state index in [1.807, 2.05) is 23.8 Å². The van der Waals surface area contributed by atoms with E-state index in [9.17, 15) is 4.39 Å². The van der Waals surface area contributed by atoms with Gasteiger partial charge < -0.3 is 10.3 Å². The zero-order chi connectivity index (χ0) is 13.8. The van der Waals surface area contributed by atoms with Crippen LogP contribution >= 0.6 is 0 Å². The summed E-state index contributed by atoms with van der Waals surface area (Å²) in [5, 5.41) is 8.82. The third kappa shape index (κ3) is 3.18. The van der Waals surface area contributed by atoms with Gasteiger partial charge in [-0.15, -0.1) is 0 Å². The minimum absolute atomic E-state index is 0.0315. The second-order valence-electron chi connectivity index (χ2n) is 4.58. The van der Waals surface area contributed by atoms with E-state index < -0.39 is 5.82 Å². The topological polar surface area (TPSA) is 67.6 Å². The predicted molar refractivity (Wildman–Crippen MR) is 69.8 cm³/mol. The van der Waals surface area contributed by atoms with E-state index >= 15 is 0 Å². The zero-order valence-electron chi connectivity index (χ0n) is 10.7. The molecule has 0 saturated heterocycles. The van der Waals surface area contributed by atoms with Crippen molar-refractivity contribution >= 4 is 0 Å². The first-order chi connectivity index (χ1) is 9.10. The third-order valence-corrected chi connectivity index (χ3v) is 2.81. The average Bonchev–Trinajstić information content (AvgIpc) is 2.78. The Kier molecular flexibility index (Phi) is 3.93. The summed E-state index contributed by atoms with van der Waals surface area (Å²) in [6.07, 6.45) is 4.25. The van der Waals surface area contributed by atoms with E-state index in [2.05, 4.69) is 4.98 Å². The molecule has 0 radical (unpaired) electrons. The number of rotatable bonds is 4. The smallest absolute Gasteiger partial charge is 0.140 e. The highest BCUT2D eigenvalue weighted by Gasteiger charge is 2.08. The molecule has 1 heterocycles. The van der Waals surface area contributed by atoms with Gasteiger partial charge in [0.25, 0.3) is 0 Å². The van der Waals surface area contributed by atoms with Crippen molar-refractivity contribution in [2.24, 2.45) is 5.73 Å². The highest BCUT2D eigenvalue weighted by atomic mass is 19.1. The van der Waals surface area contributed by atoms with Crippen molar-refractivity contribution in [3.8, 4) is 6.07 Å². The molecule has 0 aliphatic rings. The number of hydrogen-bond acceptors (Lipinski definition) is 3. The molecule has 2 aromatic rings. The highest BCUT2D eigenvalue weighted by molar-refractivity contribution is 5.34. The molecule has 1 aromatic carbocycles. The van der Waals surface area contributed by atoms with Crippen LogP contribution in [0.2, 0.25) is 0 Å². The average molecular weight is 258 g/mol. The lowest BCUT2D eigenvalue weighted by atomic mass is 10.1. The van der Waals surface area contributed by atoms with Gasteiger partial charge in [0.2, 0.25) is 0 Å². The van der Waals surface area contributed by atoms with Gasteiger partial charge >= 0.3 is 0 Å². The van der Waals surface area contributed by atoms with Crippen molar-refractivity contribution in [2.45, 2.75) is 25.9 Å². The molecule has 2 rings (SSSR count). The number of benzene rings is 1. The Morgan fingerprint density at radius 1 is 1.53 bits per heavy atom. The van der Waals surface area contributed by atoms with Crippen molar-refractivity contribution in [1.82, 2.24) is 9.55 Å². The monoisotopic (exact) mass is 258 g/mol. The first-order valence-electron chi connectivity index (χ1n) is 6.04. The van der Waals surface area contributed by atoms with Crippen molar-refractivity contribution in [3.05, 3.63) is 53.4 Å². The summed E-state index contributed by atoms with van der Waals surface area (Å²) in [6, 6.07) is 6.42. The summed E-state index contributed by atoms with van der Waals surface area (Å²) in [5.41, 5.74) is 6.69. The first-order valence-corrected chi connectivity index (χ1v) is 6.04. The molecule has 0 spiro atoms. The van der Waals surface area contributed by atoms with Gasteiger partial charge in [0, 0.05) is 31.4 Å². The van der Waals surface area contributed by atoms with Gasteiger partial charge in [-0.2, -0.15) is 5.26 Å². The Balaban J connectivity index is 2.22. The van der Waals surface area contributed by atoms with Crippen LogP contribution in [0.1, 0.15) is 23.9 Å². The Morgan fingerprint density at radius 2 is 2.32 bits per heavy atom. The maximum Gasteiger partial charge on any atom is 0.140 e. The molecule has 1 aromatic heterocycles. The summed E-state index contributed by atoms with van der Waals surface area (Å²) in [7, 11) is 0. The number of aromatic nitrogens is 2. The minimum atomic E-state index is -0.493. The molecule has 0 saturated carbocycles. The molecular formula is C14H15FN4. The molecule has 1 atom stereocenters. The largest absolute Gasteiger partial charge is 0.330 e. The van der Waals surface area contributed by atoms with E-state index in [4.69, 9.17) is 11.0 Å². The Bertz CT molecular complexity index is 610. The third-order valence-electron chi connectivity index (χ3n) is 2.81. The number of nitrogens with two attached hydrogens (primary N) is 1. The molecule has 0 amide bonds. The van der Waals surface area contributed by atoms with Crippen LogP contribution in [0.4, 0.5) is 4.39 Å². The fraction of sp³-hybridized carbons (Fsp3) is 0.286. The fourth-order valence-corrected chi connectivity index (χ4v) is 1.92. The zero-order valence-corrected chi connectivity index (χ0v) is 10.7.